The maximum Gasteiger partial charge on any atom is 0.0329 e. The van der Waals surface area contributed by atoms with Gasteiger partial charge < -0.3 is 9.80 Å². The minimum absolute atomic E-state index is 0.631. The summed E-state index contributed by atoms with van der Waals surface area (Å²) in [6, 6.07) is 0. The molecule has 0 bridgehead atoms. The molecule has 0 radical (unpaired) electrons. The summed E-state index contributed by atoms with van der Waals surface area (Å²) in [5.41, 5.74) is 2.87. The quantitative estimate of drug-likeness (QED) is 0.722. The molecule has 1 saturated heterocycles. The number of allylic oxidation sites excluding steroid dienone is 5. The second-order valence-corrected chi connectivity index (χ2v) is 5.35. The van der Waals surface area contributed by atoms with Gasteiger partial charge in [0.25, 0.3) is 0 Å². The van der Waals surface area contributed by atoms with Crippen molar-refractivity contribution in [2.75, 3.05) is 33.2 Å². The van der Waals surface area contributed by atoms with Crippen LogP contribution in [0.25, 0.3) is 0 Å². The normalized spacial score (nSPS) is 22.5. The summed E-state index contributed by atoms with van der Waals surface area (Å²) in [5, 5.41) is 0. The monoisotopic (exact) mass is 232 g/mol. The Morgan fingerprint density at radius 2 is 1.71 bits per heavy atom. The molecule has 17 heavy (non-hydrogen) atoms. The van der Waals surface area contributed by atoms with E-state index in [1.54, 1.807) is 0 Å². The predicted octanol–water partition coefficient (Wildman–Crippen LogP) is 2.66. The minimum atomic E-state index is 0.631. The second kappa shape index (κ2) is 5.54. The van der Waals surface area contributed by atoms with Crippen molar-refractivity contribution in [3.8, 4) is 0 Å². The van der Waals surface area contributed by atoms with Crippen LogP contribution < -0.4 is 0 Å². The molecule has 1 fully saturated rings. The zero-order valence-corrected chi connectivity index (χ0v) is 11.3. The molecule has 2 aliphatic rings. The Labute approximate surface area is 105 Å². The van der Waals surface area contributed by atoms with Crippen molar-refractivity contribution in [1.82, 2.24) is 9.80 Å². The van der Waals surface area contributed by atoms with E-state index in [9.17, 15) is 0 Å². The first-order valence-electron chi connectivity index (χ1n) is 6.68. The average Bonchev–Trinajstić information content (AvgIpc) is 2.55. The van der Waals surface area contributed by atoms with E-state index in [4.69, 9.17) is 0 Å². The average molecular weight is 232 g/mol. The standard InChI is InChI=1S/C15H24N2/c1-13(2)14-5-4-6-15(8-7-14)17-11-9-16(3)10-12-17/h5-8,13H,4,9-12H2,1-3H3. The van der Waals surface area contributed by atoms with Crippen molar-refractivity contribution in [3.05, 3.63) is 35.6 Å². The highest BCUT2D eigenvalue weighted by Gasteiger charge is 2.15. The molecule has 2 nitrogen and oxygen atoms in total. The molecule has 0 aromatic heterocycles. The fraction of sp³-hybridized carbons (Fsp3) is 0.600. The molecule has 0 spiro atoms. The summed E-state index contributed by atoms with van der Waals surface area (Å²) in [7, 11) is 2.20. The fourth-order valence-electron chi connectivity index (χ4n) is 2.36. The van der Waals surface area contributed by atoms with E-state index in [1.165, 1.54) is 24.4 Å². The van der Waals surface area contributed by atoms with Crippen LogP contribution in [0.1, 0.15) is 20.3 Å². The molecule has 1 aliphatic carbocycles. The van der Waals surface area contributed by atoms with Crippen LogP contribution in [0.15, 0.2) is 35.6 Å². The van der Waals surface area contributed by atoms with Crippen LogP contribution in [0.4, 0.5) is 0 Å². The Hall–Kier alpha value is -1.02. The van der Waals surface area contributed by atoms with Crippen LogP contribution in [0.2, 0.25) is 0 Å². The highest BCUT2D eigenvalue weighted by atomic mass is 15.2. The topological polar surface area (TPSA) is 6.48 Å². The van der Waals surface area contributed by atoms with Gasteiger partial charge in [-0.3, -0.25) is 0 Å². The molecule has 2 rings (SSSR count). The summed E-state index contributed by atoms with van der Waals surface area (Å²) in [6.45, 7) is 9.19. The van der Waals surface area contributed by atoms with Gasteiger partial charge in [-0.15, -0.1) is 0 Å². The van der Waals surface area contributed by atoms with Crippen molar-refractivity contribution in [2.45, 2.75) is 20.3 Å². The van der Waals surface area contributed by atoms with E-state index in [2.05, 4.69) is 55.0 Å². The third kappa shape index (κ3) is 3.22. The van der Waals surface area contributed by atoms with Gasteiger partial charge >= 0.3 is 0 Å². The molecule has 0 atom stereocenters. The Morgan fingerprint density at radius 3 is 2.35 bits per heavy atom. The van der Waals surface area contributed by atoms with Crippen LogP contribution in [-0.4, -0.2) is 43.0 Å². The van der Waals surface area contributed by atoms with E-state index in [-0.39, 0.29) is 0 Å². The van der Waals surface area contributed by atoms with Gasteiger partial charge in [0.1, 0.15) is 0 Å². The summed E-state index contributed by atoms with van der Waals surface area (Å²) in [6.07, 6.45) is 10.4. The van der Waals surface area contributed by atoms with Crippen LogP contribution >= 0.6 is 0 Å². The lowest BCUT2D eigenvalue weighted by Gasteiger charge is -2.34. The maximum atomic E-state index is 2.51. The molecule has 1 aliphatic heterocycles. The molecule has 0 unspecified atom stereocenters. The summed E-state index contributed by atoms with van der Waals surface area (Å²) >= 11 is 0. The Kier molecular flexibility index (Phi) is 4.06. The van der Waals surface area contributed by atoms with Gasteiger partial charge in [-0.1, -0.05) is 32.1 Å². The van der Waals surface area contributed by atoms with E-state index in [0.29, 0.717) is 5.92 Å². The Balaban J connectivity index is 2.00. The third-order valence-corrected chi connectivity index (χ3v) is 3.66. The molecular weight excluding hydrogens is 208 g/mol. The van der Waals surface area contributed by atoms with Crippen molar-refractivity contribution >= 4 is 0 Å². The molecule has 0 amide bonds. The Bertz CT molecular complexity index is 342. The highest BCUT2D eigenvalue weighted by molar-refractivity contribution is 5.32. The van der Waals surface area contributed by atoms with E-state index in [0.717, 1.165) is 19.5 Å². The zero-order chi connectivity index (χ0) is 12.3. The third-order valence-electron chi connectivity index (χ3n) is 3.66. The van der Waals surface area contributed by atoms with Gasteiger partial charge in [0, 0.05) is 31.9 Å². The number of hydrogen-bond acceptors (Lipinski definition) is 2. The van der Waals surface area contributed by atoms with Gasteiger partial charge in [0.05, 0.1) is 0 Å². The lowest BCUT2D eigenvalue weighted by Crippen LogP contribution is -2.43. The first-order valence-corrected chi connectivity index (χ1v) is 6.68. The van der Waals surface area contributed by atoms with E-state index < -0.39 is 0 Å². The van der Waals surface area contributed by atoms with Gasteiger partial charge in [0.15, 0.2) is 0 Å². The second-order valence-electron chi connectivity index (χ2n) is 5.35. The zero-order valence-electron chi connectivity index (χ0n) is 11.3. The van der Waals surface area contributed by atoms with Gasteiger partial charge in [-0.25, -0.2) is 0 Å². The smallest absolute Gasteiger partial charge is 0.0329 e. The van der Waals surface area contributed by atoms with Crippen molar-refractivity contribution in [1.29, 1.82) is 0 Å². The van der Waals surface area contributed by atoms with Crippen LogP contribution in [0, 0.1) is 5.92 Å². The molecule has 0 aromatic rings. The molecule has 0 saturated carbocycles. The number of nitrogens with zero attached hydrogens (tertiary/aromatic N) is 2. The SMILES string of the molecule is CC(C)C1=CCC=C(N2CCN(C)CC2)C=C1. The van der Waals surface area contributed by atoms with Crippen molar-refractivity contribution in [2.24, 2.45) is 5.92 Å². The number of hydrogen-bond donors (Lipinski definition) is 0. The molecule has 94 valence electrons. The lowest BCUT2D eigenvalue weighted by molar-refractivity contribution is 0.190. The molecule has 1 heterocycles. The van der Waals surface area contributed by atoms with Gasteiger partial charge in [0.2, 0.25) is 0 Å². The summed E-state index contributed by atoms with van der Waals surface area (Å²) in [5.74, 6) is 0.631. The minimum Gasteiger partial charge on any atom is -0.369 e. The maximum absolute atomic E-state index is 2.51. The molecule has 0 aromatic carbocycles. The fourth-order valence-corrected chi connectivity index (χ4v) is 2.36. The number of rotatable bonds is 2. The number of piperazine rings is 1. The first-order chi connectivity index (χ1) is 8.16. The van der Waals surface area contributed by atoms with E-state index in [1.807, 2.05) is 0 Å². The molecule has 0 N–H and O–H groups in total. The molecule has 2 heteroatoms. The van der Waals surface area contributed by atoms with Gasteiger partial charge in [-0.2, -0.15) is 0 Å². The van der Waals surface area contributed by atoms with Crippen molar-refractivity contribution < 1.29 is 0 Å². The largest absolute Gasteiger partial charge is 0.369 e. The molecular formula is C15H24N2. The van der Waals surface area contributed by atoms with Crippen molar-refractivity contribution in [3.63, 3.8) is 0 Å². The number of likely N-dealkylation sites (N-methyl/N-ethyl adjacent to an activating group) is 1. The summed E-state index contributed by atoms with van der Waals surface area (Å²) < 4.78 is 0. The first kappa shape index (κ1) is 12.4. The van der Waals surface area contributed by atoms with Crippen LogP contribution in [-0.2, 0) is 0 Å². The lowest BCUT2D eigenvalue weighted by atomic mass is 10.0. The van der Waals surface area contributed by atoms with Crippen LogP contribution in [0.5, 0.6) is 0 Å². The van der Waals surface area contributed by atoms with Crippen LogP contribution in [0.3, 0.4) is 0 Å². The van der Waals surface area contributed by atoms with Gasteiger partial charge in [-0.05, 0) is 31.0 Å². The Morgan fingerprint density at radius 1 is 1.00 bits per heavy atom. The van der Waals surface area contributed by atoms with E-state index >= 15 is 0 Å². The predicted molar refractivity (Wildman–Crippen MR) is 73.8 cm³/mol. The highest BCUT2D eigenvalue weighted by Crippen LogP contribution is 2.20. The summed E-state index contributed by atoms with van der Waals surface area (Å²) in [4.78, 5) is 4.91.